The van der Waals surface area contributed by atoms with Gasteiger partial charge in [0.25, 0.3) is 0 Å². The summed E-state index contributed by atoms with van der Waals surface area (Å²) >= 11 is 0. The lowest BCUT2D eigenvalue weighted by Gasteiger charge is -2.26. The van der Waals surface area contributed by atoms with Gasteiger partial charge in [-0.25, -0.2) is 22.6 Å². The number of alkyl halides is 2. The van der Waals surface area contributed by atoms with Crippen molar-refractivity contribution in [3.05, 3.63) is 55.1 Å². The molecular formula is C28H29F2N9O4S. The van der Waals surface area contributed by atoms with Crippen LogP contribution in [0.25, 0.3) is 33.5 Å². The molecule has 2 aliphatic rings. The Morgan fingerprint density at radius 3 is 2.75 bits per heavy atom. The zero-order valence-corrected chi connectivity index (χ0v) is 24.3. The molecule has 2 fully saturated rings. The second kappa shape index (κ2) is 11.6. The molecule has 44 heavy (non-hydrogen) atoms. The number of aromatic nitrogens is 6. The predicted octanol–water partition coefficient (Wildman–Crippen LogP) is 3.38. The molecule has 1 saturated heterocycles. The van der Waals surface area contributed by atoms with E-state index in [1.165, 1.54) is 22.9 Å². The predicted molar refractivity (Wildman–Crippen MR) is 159 cm³/mol. The summed E-state index contributed by atoms with van der Waals surface area (Å²) in [6.45, 7) is 1.21. The number of fused-ring (bicyclic) bond motifs is 2. The minimum absolute atomic E-state index is 0.122. The Hall–Kier alpha value is -4.41. The third kappa shape index (κ3) is 5.75. The average Bonchev–Trinajstić information content (AvgIpc) is 3.71. The van der Waals surface area contributed by atoms with Crippen molar-refractivity contribution in [2.75, 3.05) is 49.4 Å². The van der Waals surface area contributed by atoms with Crippen LogP contribution in [-0.4, -0.2) is 93.9 Å². The van der Waals surface area contributed by atoms with E-state index in [0.29, 0.717) is 66.2 Å². The molecule has 1 aliphatic carbocycles. The summed E-state index contributed by atoms with van der Waals surface area (Å²) in [5.74, 6) is 0.267. The summed E-state index contributed by atoms with van der Waals surface area (Å²) in [6.07, 6.45) is 7.89. The average molecular weight is 626 g/mol. The highest BCUT2D eigenvalue weighted by Gasteiger charge is 2.36. The minimum atomic E-state index is -3.62. The Labute approximate surface area is 250 Å². The molecule has 0 atom stereocenters. The van der Waals surface area contributed by atoms with Crippen LogP contribution < -0.4 is 14.8 Å². The van der Waals surface area contributed by atoms with Crippen LogP contribution in [-0.2, 0) is 14.8 Å². The van der Waals surface area contributed by atoms with E-state index in [1.807, 2.05) is 0 Å². The van der Waals surface area contributed by atoms with Gasteiger partial charge in [0.15, 0.2) is 17.2 Å². The van der Waals surface area contributed by atoms with Crippen molar-refractivity contribution in [3.63, 3.8) is 0 Å². The van der Waals surface area contributed by atoms with Crippen LogP contribution in [0.2, 0.25) is 0 Å². The van der Waals surface area contributed by atoms with Crippen LogP contribution in [0.5, 0.6) is 5.75 Å². The van der Waals surface area contributed by atoms with Gasteiger partial charge in [-0.3, -0.25) is 14.6 Å². The molecule has 13 nitrogen and oxygen atoms in total. The lowest BCUT2D eigenvalue weighted by Crippen LogP contribution is -2.39. The fraction of sp³-hybridized carbons (Fsp3) is 0.357. The van der Waals surface area contributed by atoms with Crippen LogP contribution in [0, 0.1) is 0 Å². The van der Waals surface area contributed by atoms with Gasteiger partial charge in [0.2, 0.25) is 10.0 Å². The molecule has 5 heterocycles. The number of hydrogen-bond donors (Lipinski definition) is 2. The fourth-order valence-electron chi connectivity index (χ4n) is 5.21. The van der Waals surface area contributed by atoms with Gasteiger partial charge in [-0.2, -0.15) is 13.9 Å². The summed E-state index contributed by atoms with van der Waals surface area (Å²) in [5.41, 5.74) is 2.71. The number of nitrogens with one attached hydrogen (secondary N) is 2. The molecule has 1 saturated carbocycles. The molecule has 0 amide bonds. The SMILES string of the molecule is O=S(=O)(Nc1ccc(-n2nc(NCCN3CCOCC3)c3cnc(-c4cnn5cccnc45)cc32)c(OC(F)F)c1)C1CC1. The van der Waals surface area contributed by atoms with Crippen molar-refractivity contribution < 1.29 is 26.7 Å². The van der Waals surface area contributed by atoms with Crippen LogP contribution in [0.1, 0.15) is 12.8 Å². The Bertz CT molecular complexity index is 1920. The van der Waals surface area contributed by atoms with Gasteiger partial charge >= 0.3 is 6.61 Å². The molecule has 0 radical (unpaired) electrons. The fourth-order valence-corrected chi connectivity index (χ4v) is 6.58. The number of halogens is 2. The molecule has 1 aromatic carbocycles. The van der Waals surface area contributed by atoms with Crippen molar-refractivity contribution >= 4 is 38.1 Å². The minimum Gasteiger partial charge on any atom is -0.432 e. The number of benzene rings is 1. The maximum atomic E-state index is 13.6. The molecule has 230 valence electrons. The number of nitrogens with zero attached hydrogens (tertiary/aromatic N) is 7. The van der Waals surface area contributed by atoms with E-state index in [-0.39, 0.29) is 17.1 Å². The Morgan fingerprint density at radius 1 is 1.11 bits per heavy atom. The molecule has 7 rings (SSSR count). The summed E-state index contributed by atoms with van der Waals surface area (Å²) in [7, 11) is -3.62. The lowest BCUT2D eigenvalue weighted by atomic mass is 10.2. The molecule has 0 bridgehead atoms. The third-order valence-corrected chi connectivity index (χ3v) is 9.44. The van der Waals surface area contributed by atoms with Crippen molar-refractivity contribution in [3.8, 4) is 22.7 Å². The maximum absolute atomic E-state index is 13.6. The lowest BCUT2D eigenvalue weighted by molar-refractivity contribution is -0.0498. The van der Waals surface area contributed by atoms with Gasteiger partial charge in [0.05, 0.1) is 52.5 Å². The summed E-state index contributed by atoms with van der Waals surface area (Å²) in [6, 6.07) is 7.81. The highest BCUT2D eigenvalue weighted by Crippen LogP contribution is 2.36. The number of rotatable bonds is 11. The van der Waals surface area contributed by atoms with E-state index in [9.17, 15) is 17.2 Å². The number of anilines is 2. The van der Waals surface area contributed by atoms with Gasteiger partial charge in [-0.15, -0.1) is 5.10 Å². The number of hydrogen-bond acceptors (Lipinski definition) is 10. The van der Waals surface area contributed by atoms with E-state index in [2.05, 4.69) is 30.0 Å². The highest BCUT2D eigenvalue weighted by atomic mass is 32.2. The van der Waals surface area contributed by atoms with Crippen LogP contribution in [0.15, 0.2) is 55.1 Å². The first kappa shape index (κ1) is 28.4. The van der Waals surface area contributed by atoms with E-state index < -0.39 is 21.9 Å². The quantitative estimate of drug-likeness (QED) is 0.225. The molecule has 0 spiro atoms. The maximum Gasteiger partial charge on any atom is 0.387 e. The Balaban J connectivity index is 1.30. The van der Waals surface area contributed by atoms with Gasteiger partial charge in [0.1, 0.15) is 5.69 Å². The van der Waals surface area contributed by atoms with Gasteiger partial charge in [0, 0.05) is 50.8 Å². The molecule has 5 aromatic rings. The zero-order valence-electron chi connectivity index (χ0n) is 23.4. The van der Waals surface area contributed by atoms with E-state index >= 15 is 0 Å². The van der Waals surface area contributed by atoms with E-state index in [4.69, 9.17) is 14.6 Å². The van der Waals surface area contributed by atoms with Gasteiger partial charge < -0.3 is 14.8 Å². The highest BCUT2D eigenvalue weighted by molar-refractivity contribution is 7.93. The topological polar surface area (TPSA) is 141 Å². The van der Waals surface area contributed by atoms with Crippen molar-refractivity contribution in [2.45, 2.75) is 24.7 Å². The second-order valence-electron chi connectivity index (χ2n) is 10.6. The Morgan fingerprint density at radius 2 is 1.95 bits per heavy atom. The first-order chi connectivity index (χ1) is 21.4. The van der Waals surface area contributed by atoms with E-state index in [1.54, 1.807) is 41.4 Å². The normalized spacial score (nSPS) is 16.2. The largest absolute Gasteiger partial charge is 0.432 e. The third-order valence-electron chi connectivity index (χ3n) is 7.57. The molecule has 0 unspecified atom stereocenters. The number of pyridine rings is 1. The smallest absolute Gasteiger partial charge is 0.387 e. The first-order valence-electron chi connectivity index (χ1n) is 14.2. The molecule has 4 aromatic heterocycles. The Kier molecular flexibility index (Phi) is 7.47. The number of morpholine rings is 1. The van der Waals surface area contributed by atoms with E-state index in [0.717, 1.165) is 19.6 Å². The first-order valence-corrected chi connectivity index (χ1v) is 15.7. The second-order valence-corrected chi connectivity index (χ2v) is 12.5. The summed E-state index contributed by atoms with van der Waals surface area (Å²) < 4.78 is 68.3. The summed E-state index contributed by atoms with van der Waals surface area (Å²) in [4.78, 5) is 11.4. The van der Waals surface area contributed by atoms with Gasteiger partial charge in [-0.05, 0) is 37.1 Å². The molecular weight excluding hydrogens is 596 g/mol. The standard InChI is InChI=1S/C28H29F2N9O4S/c29-28(30)43-25-14-18(36-44(40,41)19-3-4-19)2-5-23(25)39-24-15-22(20-17-34-38-8-1-6-32-27(20)38)33-16-21(24)26(35-39)31-7-9-37-10-12-42-13-11-37/h1-2,5-6,8,14-17,19,28,36H,3-4,7,9-13H2,(H,31,35). The molecule has 16 heteroatoms. The number of ether oxygens (including phenoxy) is 2. The van der Waals surface area contributed by atoms with Crippen molar-refractivity contribution in [2.24, 2.45) is 0 Å². The van der Waals surface area contributed by atoms with Crippen LogP contribution in [0.4, 0.5) is 20.3 Å². The molecule has 1 aliphatic heterocycles. The van der Waals surface area contributed by atoms with Crippen molar-refractivity contribution in [1.29, 1.82) is 0 Å². The van der Waals surface area contributed by atoms with Crippen LogP contribution >= 0.6 is 0 Å². The summed E-state index contributed by atoms with van der Waals surface area (Å²) in [5, 5.41) is 12.7. The monoisotopic (exact) mass is 625 g/mol. The van der Waals surface area contributed by atoms with Crippen molar-refractivity contribution in [1.82, 2.24) is 34.3 Å². The van der Waals surface area contributed by atoms with Gasteiger partial charge in [-0.1, -0.05) is 0 Å². The van der Waals surface area contributed by atoms with Crippen LogP contribution in [0.3, 0.4) is 0 Å². The zero-order chi connectivity index (χ0) is 30.3. The number of sulfonamides is 1. The molecule has 2 N–H and O–H groups in total.